The van der Waals surface area contributed by atoms with Crippen LogP contribution < -0.4 is 10.6 Å². The predicted molar refractivity (Wildman–Crippen MR) is 128 cm³/mol. The summed E-state index contributed by atoms with van der Waals surface area (Å²) in [6.07, 6.45) is -1.46. The highest BCUT2D eigenvalue weighted by atomic mass is 19.1. The Labute approximate surface area is 204 Å². The standard InChI is InChI=1S/C26H33F2N3O4/c1-16(2)19-6-5-7-20(11-19)26(14-31(15-26)25(34)35-4)29-13-24(33)23(30-17(3)32)10-18-8-21(27)12-22(28)9-18/h5-9,11-12,16,23-24,29,33H,10,13-15H2,1-4H3,(H,30,32)/t23-,24+/m0/s1. The Hall–Kier alpha value is -3.04. The van der Waals surface area contributed by atoms with Crippen LogP contribution in [0.2, 0.25) is 0 Å². The lowest BCUT2D eigenvalue weighted by molar-refractivity contribution is -0.120. The van der Waals surface area contributed by atoms with Crippen LogP contribution in [0.3, 0.4) is 0 Å². The summed E-state index contributed by atoms with van der Waals surface area (Å²) in [6, 6.07) is 10.4. The van der Waals surface area contributed by atoms with Crippen LogP contribution in [0.15, 0.2) is 42.5 Å². The number of amides is 2. The van der Waals surface area contributed by atoms with Crippen LogP contribution in [0.1, 0.15) is 43.4 Å². The Balaban J connectivity index is 1.79. The summed E-state index contributed by atoms with van der Waals surface area (Å²) in [5.41, 5.74) is 1.82. The van der Waals surface area contributed by atoms with Gasteiger partial charge >= 0.3 is 6.09 Å². The zero-order valence-electron chi connectivity index (χ0n) is 20.5. The van der Waals surface area contributed by atoms with Crippen LogP contribution in [0.5, 0.6) is 0 Å². The number of aliphatic hydroxyl groups excluding tert-OH is 1. The molecule has 0 unspecified atom stereocenters. The molecule has 35 heavy (non-hydrogen) atoms. The molecule has 190 valence electrons. The summed E-state index contributed by atoms with van der Waals surface area (Å²) in [5.74, 6) is -1.51. The molecule has 1 aliphatic heterocycles. The van der Waals surface area contributed by atoms with E-state index in [4.69, 9.17) is 4.74 Å². The van der Waals surface area contributed by atoms with Crippen LogP contribution in [0.25, 0.3) is 0 Å². The zero-order chi connectivity index (χ0) is 25.8. The van der Waals surface area contributed by atoms with Gasteiger partial charge in [0.15, 0.2) is 0 Å². The smallest absolute Gasteiger partial charge is 0.409 e. The summed E-state index contributed by atoms with van der Waals surface area (Å²) in [5, 5.41) is 17.0. The van der Waals surface area contributed by atoms with Gasteiger partial charge in [0.1, 0.15) is 11.6 Å². The van der Waals surface area contributed by atoms with E-state index in [1.807, 2.05) is 18.2 Å². The number of nitrogens with one attached hydrogen (secondary N) is 2. The van der Waals surface area contributed by atoms with Gasteiger partial charge in [0.05, 0.1) is 24.8 Å². The van der Waals surface area contributed by atoms with Crippen LogP contribution in [-0.4, -0.2) is 60.9 Å². The fraction of sp³-hybridized carbons (Fsp3) is 0.462. The number of aliphatic hydroxyl groups is 1. The van der Waals surface area contributed by atoms with Crippen molar-refractivity contribution in [3.05, 3.63) is 70.8 Å². The molecule has 2 aromatic rings. The lowest BCUT2D eigenvalue weighted by atomic mass is 9.80. The third-order valence-corrected chi connectivity index (χ3v) is 6.34. The van der Waals surface area contributed by atoms with Crippen molar-refractivity contribution < 1.29 is 28.2 Å². The quantitative estimate of drug-likeness (QED) is 0.504. The largest absolute Gasteiger partial charge is 0.453 e. The molecule has 1 fully saturated rings. The van der Waals surface area contributed by atoms with E-state index in [1.165, 1.54) is 26.2 Å². The molecule has 2 aromatic carbocycles. The van der Waals surface area contributed by atoms with Crippen molar-refractivity contribution >= 4 is 12.0 Å². The fourth-order valence-corrected chi connectivity index (χ4v) is 4.42. The number of nitrogens with zero attached hydrogens (tertiary/aromatic N) is 1. The first-order valence-corrected chi connectivity index (χ1v) is 11.6. The molecule has 3 rings (SSSR count). The van der Waals surface area contributed by atoms with Gasteiger partial charge in [0, 0.05) is 32.6 Å². The molecule has 3 N–H and O–H groups in total. The lowest BCUT2D eigenvalue weighted by Crippen LogP contribution is -2.69. The average molecular weight is 490 g/mol. The summed E-state index contributed by atoms with van der Waals surface area (Å²) >= 11 is 0. The minimum Gasteiger partial charge on any atom is -0.453 e. The molecular weight excluding hydrogens is 456 g/mol. The molecular formula is C26H33F2N3O4. The van der Waals surface area contributed by atoms with Crippen LogP contribution in [0.4, 0.5) is 13.6 Å². The molecule has 1 aliphatic rings. The van der Waals surface area contributed by atoms with Gasteiger partial charge < -0.3 is 25.4 Å². The maximum absolute atomic E-state index is 13.7. The highest BCUT2D eigenvalue weighted by Crippen LogP contribution is 2.34. The Morgan fingerprint density at radius 2 is 1.80 bits per heavy atom. The predicted octanol–water partition coefficient (Wildman–Crippen LogP) is 3.06. The van der Waals surface area contributed by atoms with E-state index in [0.29, 0.717) is 24.6 Å². The van der Waals surface area contributed by atoms with Gasteiger partial charge in [-0.05, 0) is 41.2 Å². The molecule has 1 heterocycles. The van der Waals surface area contributed by atoms with Crippen molar-refractivity contribution in [2.24, 2.45) is 0 Å². The monoisotopic (exact) mass is 489 g/mol. The molecule has 1 saturated heterocycles. The summed E-state index contributed by atoms with van der Waals surface area (Å²) in [4.78, 5) is 25.4. The normalized spacial score (nSPS) is 16.4. The van der Waals surface area contributed by atoms with E-state index in [1.54, 1.807) is 4.90 Å². The Kier molecular flexibility index (Phi) is 8.45. The van der Waals surface area contributed by atoms with Crippen molar-refractivity contribution in [2.75, 3.05) is 26.7 Å². The number of hydrogen-bond donors (Lipinski definition) is 3. The summed E-state index contributed by atoms with van der Waals surface area (Å²) in [6.45, 7) is 6.26. The van der Waals surface area contributed by atoms with E-state index in [9.17, 15) is 23.5 Å². The van der Waals surface area contributed by atoms with E-state index in [0.717, 1.165) is 17.2 Å². The highest BCUT2D eigenvalue weighted by molar-refractivity contribution is 5.73. The number of rotatable bonds is 9. The minimum absolute atomic E-state index is 0.0429. The van der Waals surface area contributed by atoms with Gasteiger partial charge in [-0.25, -0.2) is 13.6 Å². The van der Waals surface area contributed by atoms with Crippen molar-refractivity contribution in [3.8, 4) is 0 Å². The molecule has 7 nitrogen and oxygen atoms in total. The van der Waals surface area contributed by atoms with Gasteiger partial charge in [0.2, 0.25) is 5.91 Å². The zero-order valence-corrected chi connectivity index (χ0v) is 20.5. The first-order chi connectivity index (χ1) is 16.5. The number of ether oxygens (including phenoxy) is 1. The third-order valence-electron chi connectivity index (χ3n) is 6.34. The number of likely N-dealkylation sites (tertiary alicyclic amines) is 1. The minimum atomic E-state index is -1.07. The fourth-order valence-electron chi connectivity index (χ4n) is 4.42. The first-order valence-electron chi connectivity index (χ1n) is 11.6. The van der Waals surface area contributed by atoms with Gasteiger partial charge in [-0.15, -0.1) is 0 Å². The number of benzene rings is 2. The summed E-state index contributed by atoms with van der Waals surface area (Å²) in [7, 11) is 1.33. The second-order valence-corrected chi connectivity index (χ2v) is 9.43. The average Bonchev–Trinajstić information content (AvgIpc) is 2.76. The number of methoxy groups -OCH3 is 1. The van der Waals surface area contributed by atoms with Gasteiger partial charge in [0.25, 0.3) is 0 Å². The van der Waals surface area contributed by atoms with Crippen molar-refractivity contribution in [1.82, 2.24) is 15.5 Å². The lowest BCUT2D eigenvalue weighted by Gasteiger charge is -2.50. The SMILES string of the molecule is COC(=O)N1CC(NC[C@@H](O)[C@H](Cc2cc(F)cc(F)c2)NC(C)=O)(c2cccc(C(C)C)c2)C1. The number of carbonyl (C=O) groups excluding carboxylic acids is 2. The van der Waals surface area contributed by atoms with Gasteiger partial charge in [-0.1, -0.05) is 38.1 Å². The topological polar surface area (TPSA) is 90.9 Å². The molecule has 0 bridgehead atoms. The van der Waals surface area contributed by atoms with Gasteiger partial charge in [-0.3, -0.25) is 4.79 Å². The van der Waals surface area contributed by atoms with E-state index in [-0.39, 0.29) is 18.9 Å². The third kappa shape index (κ3) is 6.55. The van der Waals surface area contributed by atoms with Crippen LogP contribution in [-0.2, 0) is 21.5 Å². The number of carbonyl (C=O) groups is 2. The molecule has 2 atom stereocenters. The van der Waals surface area contributed by atoms with E-state index >= 15 is 0 Å². The molecule has 0 spiro atoms. The number of halogens is 2. The Bertz CT molecular complexity index is 1040. The van der Waals surface area contributed by atoms with E-state index < -0.39 is 35.4 Å². The Morgan fingerprint density at radius 3 is 2.37 bits per heavy atom. The maximum Gasteiger partial charge on any atom is 0.409 e. The Morgan fingerprint density at radius 1 is 1.14 bits per heavy atom. The number of hydrogen-bond acceptors (Lipinski definition) is 5. The van der Waals surface area contributed by atoms with Crippen molar-refractivity contribution in [2.45, 2.75) is 50.8 Å². The molecule has 2 amide bonds. The highest BCUT2D eigenvalue weighted by Gasteiger charge is 2.47. The first kappa shape index (κ1) is 26.6. The second-order valence-electron chi connectivity index (χ2n) is 9.43. The van der Waals surface area contributed by atoms with Crippen molar-refractivity contribution in [3.63, 3.8) is 0 Å². The molecule has 0 radical (unpaired) electrons. The van der Waals surface area contributed by atoms with Crippen LogP contribution >= 0.6 is 0 Å². The van der Waals surface area contributed by atoms with Crippen LogP contribution in [0, 0.1) is 11.6 Å². The molecule has 9 heteroatoms. The second kappa shape index (κ2) is 11.1. The molecule has 0 saturated carbocycles. The van der Waals surface area contributed by atoms with Gasteiger partial charge in [-0.2, -0.15) is 0 Å². The molecule has 0 aromatic heterocycles. The maximum atomic E-state index is 13.7. The summed E-state index contributed by atoms with van der Waals surface area (Å²) < 4.78 is 32.2. The van der Waals surface area contributed by atoms with Crippen molar-refractivity contribution in [1.29, 1.82) is 0 Å². The molecule has 0 aliphatic carbocycles. The van der Waals surface area contributed by atoms with E-state index in [2.05, 4.69) is 30.5 Å².